The summed E-state index contributed by atoms with van der Waals surface area (Å²) in [5.41, 5.74) is 2.76. The number of rotatable bonds is 9. The van der Waals surface area contributed by atoms with Crippen molar-refractivity contribution in [2.75, 3.05) is 14.1 Å². The topological polar surface area (TPSA) is 69.6 Å². The van der Waals surface area contributed by atoms with E-state index in [0.717, 1.165) is 32.1 Å². The van der Waals surface area contributed by atoms with Gasteiger partial charge in [0.2, 0.25) is 5.91 Å². The van der Waals surface area contributed by atoms with Crippen LogP contribution in [0.4, 0.5) is 0 Å². The van der Waals surface area contributed by atoms with Crippen LogP contribution in [-0.2, 0) is 9.59 Å². The van der Waals surface area contributed by atoms with E-state index in [-0.39, 0.29) is 12.3 Å². The highest BCUT2D eigenvalue weighted by Crippen LogP contribution is 2.07. The molecule has 0 aromatic carbocycles. The fourth-order valence-corrected chi connectivity index (χ4v) is 1.38. The van der Waals surface area contributed by atoms with Gasteiger partial charge in [-0.2, -0.15) is 0 Å². The molecule has 0 aromatic heterocycles. The molecule has 0 rings (SSSR count). The van der Waals surface area contributed by atoms with Crippen molar-refractivity contribution >= 4 is 11.9 Å². The van der Waals surface area contributed by atoms with E-state index in [2.05, 4.69) is 5.43 Å². The number of carboxylic acid groups (broad SMARTS) is 1. The lowest BCUT2D eigenvalue weighted by atomic mass is 10.1. The minimum Gasteiger partial charge on any atom is -0.481 e. The number of nitrogens with zero attached hydrogens (tertiary/aromatic N) is 1. The maximum absolute atomic E-state index is 11.3. The second kappa shape index (κ2) is 9.15. The third kappa shape index (κ3) is 8.23. The molecule has 16 heavy (non-hydrogen) atoms. The molecule has 0 heterocycles. The number of hydrogen-bond donors (Lipinski definition) is 2. The number of hydrazine groups is 1. The summed E-state index contributed by atoms with van der Waals surface area (Å²) in [7, 11) is 3.42. The first kappa shape index (κ1) is 14.9. The smallest absolute Gasteiger partial charge is 0.303 e. The molecule has 0 aromatic rings. The van der Waals surface area contributed by atoms with Gasteiger partial charge in [0.15, 0.2) is 0 Å². The standard InChI is InChI=1S/C11H22N2O3/c1-12-13(2)10(14)8-6-4-3-5-7-9-11(15)16/h12H,3-9H2,1-2H3,(H,15,16). The summed E-state index contributed by atoms with van der Waals surface area (Å²) in [6.45, 7) is 0. The van der Waals surface area contributed by atoms with E-state index in [0.29, 0.717) is 6.42 Å². The largest absolute Gasteiger partial charge is 0.481 e. The van der Waals surface area contributed by atoms with Gasteiger partial charge in [0, 0.05) is 26.9 Å². The maximum atomic E-state index is 11.3. The Bertz CT molecular complexity index is 219. The Hall–Kier alpha value is -1.10. The lowest BCUT2D eigenvalue weighted by Gasteiger charge is -2.14. The summed E-state index contributed by atoms with van der Waals surface area (Å²) in [5.74, 6) is -0.640. The van der Waals surface area contributed by atoms with Gasteiger partial charge in [0.05, 0.1) is 0 Å². The highest BCUT2D eigenvalue weighted by atomic mass is 16.4. The molecular weight excluding hydrogens is 208 g/mol. The van der Waals surface area contributed by atoms with E-state index >= 15 is 0 Å². The Balaban J connectivity index is 3.27. The van der Waals surface area contributed by atoms with Crippen molar-refractivity contribution in [3.05, 3.63) is 0 Å². The first-order valence-corrected chi connectivity index (χ1v) is 5.73. The average Bonchev–Trinajstić information content (AvgIpc) is 2.25. The minimum absolute atomic E-state index is 0.0908. The van der Waals surface area contributed by atoms with Crippen LogP contribution in [0, 0.1) is 0 Å². The normalized spacial score (nSPS) is 10.1. The highest BCUT2D eigenvalue weighted by Gasteiger charge is 2.05. The Labute approximate surface area is 96.8 Å². The second-order valence-corrected chi connectivity index (χ2v) is 3.84. The Morgan fingerprint density at radius 3 is 2.06 bits per heavy atom. The number of aliphatic carboxylic acids is 1. The van der Waals surface area contributed by atoms with Crippen molar-refractivity contribution < 1.29 is 14.7 Å². The summed E-state index contributed by atoms with van der Waals surface area (Å²) >= 11 is 0. The van der Waals surface area contributed by atoms with Crippen molar-refractivity contribution in [3.8, 4) is 0 Å². The van der Waals surface area contributed by atoms with E-state index in [1.54, 1.807) is 14.1 Å². The SMILES string of the molecule is CNN(C)C(=O)CCCCCCCC(=O)O. The summed E-state index contributed by atoms with van der Waals surface area (Å²) in [4.78, 5) is 21.6. The van der Waals surface area contributed by atoms with Crippen LogP contribution in [0.2, 0.25) is 0 Å². The third-order valence-electron chi connectivity index (χ3n) is 2.49. The number of carbonyl (C=O) groups excluding carboxylic acids is 1. The molecule has 0 spiro atoms. The average molecular weight is 230 g/mol. The van der Waals surface area contributed by atoms with E-state index < -0.39 is 5.97 Å². The monoisotopic (exact) mass is 230 g/mol. The number of hydrogen-bond acceptors (Lipinski definition) is 3. The van der Waals surface area contributed by atoms with Gasteiger partial charge in [-0.25, -0.2) is 5.43 Å². The molecule has 5 heteroatoms. The van der Waals surface area contributed by atoms with Gasteiger partial charge < -0.3 is 5.11 Å². The molecular formula is C11H22N2O3. The first-order valence-electron chi connectivity index (χ1n) is 5.73. The lowest BCUT2D eigenvalue weighted by molar-refractivity contribution is -0.137. The van der Waals surface area contributed by atoms with Gasteiger partial charge in [-0.1, -0.05) is 19.3 Å². The van der Waals surface area contributed by atoms with Crippen LogP contribution in [0.1, 0.15) is 44.9 Å². The van der Waals surface area contributed by atoms with Crippen molar-refractivity contribution in [2.45, 2.75) is 44.9 Å². The van der Waals surface area contributed by atoms with Crippen LogP contribution in [-0.4, -0.2) is 36.1 Å². The summed E-state index contributed by atoms with van der Waals surface area (Å²) in [6, 6.07) is 0. The minimum atomic E-state index is -0.731. The van der Waals surface area contributed by atoms with Crippen LogP contribution in [0.3, 0.4) is 0 Å². The number of carboxylic acids is 1. The van der Waals surface area contributed by atoms with Gasteiger partial charge in [-0.15, -0.1) is 0 Å². The van der Waals surface area contributed by atoms with Crippen molar-refractivity contribution in [2.24, 2.45) is 0 Å². The maximum Gasteiger partial charge on any atom is 0.303 e. The molecule has 0 saturated heterocycles. The zero-order valence-electron chi connectivity index (χ0n) is 10.2. The zero-order chi connectivity index (χ0) is 12.4. The molecule has 1 amide bonds. The predicted molar refractivity (Wildman–Crippen MR) is 61.8 cm³/mol. The highest BCUT2D eigenvalue weighted by molar-refractivity contribution is 5.75. The molecule has 0 aliphatic heterocycles. The molecule has 0 unspecified atom stereocenters. The van der Waals surface area contributed by atoms with E-state index in [1.807, 2.05) is 0 Å². The van der Waals surface area contributed by atoms with Gasteiger partial charge in [0.1, 0.15) is 0 Å². The Kier molecular flexibility index (Phi) is 8.52. The quantitative estimate of drug-likeness (QED) is 0.464. The van der Waals surface area contributed by atoms with Crippen LogP contribution in [0.25, 0.3) is 0 Å². The Morgan fingerprint density at radius 1 is 1.06 bits per heavy atom. The van der Waals surface area contributed by atoms with Crippen LogP contribution in [0.15, 0.2) is 0 Å². The molecule has 94 valence electrons. The van der Waals surface area contributed by atoms with E-state index in [9.17, 15) is 9.59 Å². The number of unbranched alkanes of at least 4 members (excludes halogenated alkanes) is 4. The summed E-state index contributed by atoms with van der Waals surface area (Å²) < 4.78 is 0. The second-order valence-electron chi connectivity index (χ2n) is 3.84. The molecule has 0 atom stereocenters. The van der Waals surface area contributed by atoms with Crippen LogP contribution < -0.4 is 5.43 Å². The van der Waals surface area contributed by atoms with Crippen LogP contribution in [0.5, 0.6) is 0 Å². The predicted octanol–water partition coefficient (Wildman–Crippen LogP) is 1.39. The molecule has 2 N–H and O–H groups in total. The zero-order valence-corrected chi connectivity index (χ0v) is 10.2. The molecule has 0 radical (unpaired) electrons. The molecule has 0 bridgehead atoms. The molecule has 0 saturated carbocycles. The van der Waals surface area contributed by atoms with Crippen molar-refractivity contribution in [1.82, 2.24) is 10.4 Å². The molecule has 5 nitrogen and oxygen atoms in total. The molecule has 0 aliphatic carbocycles. The number of carbonyl (C=O) groups is 2. The lowest BCUT2D eigenvalue weighted by Crippen LogP contribution is -2.36. The van der Waals surface area contributed by atoms with Gasteiger partial charge in [-0.3, -0.25) is 14.6 Å². The molecule has 0 aliphatic rings. The summed E-state index contributed by atoms with van der Waals surface area (Å²) in [5, 5.41) is 9.90. The molecule has 0 fully saturated rings. The third-order valence-corrected chi connectivity index (χ3v) is 2.49. The van der Waals surface area contributed by atoms with Crippen molar-refractivity contribution in [3.63, 3.8) is 0 Å². The van der Waals surface area contributed by atoms with E-state index in [1.165, 1.54) is 5.01 Å². The van der Waals surface area contributed by atoms with Gasteiger partial charge in [0.25, 0.3) is 0 Å². The fraction of sp³-hybridized carbons (Fsp3) is 0.818. The van der Waals surface area contributed by atoms with Gasteiger partial charge in [-0.05, 0) is 12.8 Å². The number of nitrogens with one attached hydrogen (secondary N) is 1. The van der Waals surface area contributed by atoms with E-state index in [4.69, 9.17) is 5.11 Å². The summed E-state index contributed by atoms with van der Waals surface area (Å²) in [6.07, 6.45) is 5.34. The van der Waals surface area contributed by atoms with Crippen LogP contribution >= 0.6 is 0 Å². The number of amides is 1. The fourth-order valence-electron chi connectivity index (χ4n) is 1.38. The first-order chi connectivity index (χ1) is 7.57. The van der Waals surface area contributed by atoms with Crippen molar-refractivity contribution in [1.29, 1.82) is 0 Å². The van der Waals surface area contributed by atoms with Gasteiger partial charge >= 0.3 is 5.97 Å². The Morgan fingerprint density at radius 2 is 1.56 bits per heavy atom.